The van der Waals surface area contributed by atoms with Gasteiger partial charge in [0.15, 0.2) is 0 Å². The average Bonchev–Trinajstić information content (AvgIpc) is 2.53. The molecule has 2 aromatic carbocycles. The van der Waals surface area contributed by atoms with Gasteiger partial charge in [0.2, 0.25) is 5.91 Å². The number of benzene rings is 2. The minimum absolute atomic E-state index is 0.0109. The van der Waals surface area contributed by atoms with Gasteiger partial charge in [-0.1, -0.05) is 18.2 Å². The number of hydrogen-bond acceptors (Lipinski definition) is 3. The van der Waals surface area contributed by atoms with Crippen LogP contribution in [0, 0.1) is 13.8 Å². The van der Waals surface area contributed by atoms with Crippen molar-refractivity contribution >= 4 is 5.91 Å². The van der Waals surface area contributed by atoms with Crippen molar-refractivity contribution < 1.29 is 14.3 Å². The zero-order valence-electron chi connectivity index (χ0n) is 14.6. The monoisotopic (exact) mass is 327 g/mol. The fraction of sp³-hybridized carbons (Fsp3) is 0.350. The summed E-state index contributed by atoms with van der Waals surface area (Å²) in [7, 11) is 0. The Bertz CT molecular complexity index is 645. The Morgan fingerprint density at radius 1 is 0.958 bits per heavy atom. The first-order valence-electron chi connectivity index (χ1n) is 8.26. The fourth-order valence-electron chi connectivity index (χ4n) is 2.49. The van der Waals surface area contributed by atoms with E-state index in [0.29, 0.717) is 26.2 Å². The molecule has 0 unspecified atom stereocenters. The first-order valence-corrected chi connectivity index (χ1v) is 8.26. The Morgan fingerprint density at radius 2 is 1.62 bits per heavy atom. The minimum Gasteiger partial charge on any atom is -0.494 e. The van der Waals surface area contributed by atoms with Crippen LogP contribution < -0.4 is 14.8 Å². The minimum atomic E-state index is -0.0109. The average molecular weight is 327 g/mol. The van der Waals surface area contributed by atoms with Gasteiger partial charge in [-0.15, -0.1) is 0 Å². The van der Waals surface area contributed by atoms with Gasteiger partial charge in [-0.3, -0.25) is 4.79 Å². The number of carbonyl (C=O) groups is 1. The molecule has 0 saturated carbocycles. The summed E-state index contributed by atoms with van der Waals surface area (Å²) in [6, 6.07) is 13.7. The number of amides is 1. The standard InChI is InChI=1S/C20H25NO3/c1-4-23-18-7-5-17(6-8-18)14-20(22)21-9-10-24-19-12-15(2)11-16(3)13-19/h5-8,11-13H,4,9-10,14H2,1-3H3,(H,21,22). The number of aryl methyl sites for hydroxylation is 2. The largest absolute Gasteiger partial charge is 0.494 e. The molecule has 0 aliphatic heterocycles. The zero-order valence-corrected chi connectivity index (χ0v) is 14.6. The third-order valence-corrected chi connectivity index (χ3v) is 3.49. The molecule has 0 aliphatic rings. The highest BCUT2D eigenvalue weighted by Gasteiger charge is 2.04. The lowest BCUT2D eigenvalue weighted by atomic mass is 10.1. The Labute approximate surface area is 143 Å². The molecule has 0 aromatic heterocycles. The van der Waals surface area contributed by atoms with Crippen LogP contribution in [0.4, 0.5) is 0 Å². The van der Waals surface area contributed by atoms with Gasteiger partial charge in [0.25, 0.3) is 0 Å². The topological polar surface area (TPSA) is 47.6 Å². The molecule has 0 bridgehead atoms. The maximum atomic E-state index is 11.9. The molecule has 0 heterocycles. The SMILES string of the molecule is CCOc1ccc(CC(=O)NCCOc2cc(C)cc(C)c2)cc1. The summed E-state index contributed by atoms with van der Waals surface area (Å²) in [4.78, 5) is 11.9. The van der Waals surface area contributed by atoms with Crippen molar-refractivity contribution in [1.82, 2.24) is 5.32 Å². The summed E-state index contributed by atoms with van der Waals surface area (Å²) in [6.07, 6.45) is 0.357. The second-order valence-electron chi connectivity index (χ2n) is 5.78. The molecule has 4 heteroatoms. The number of nitrogens with one attached hydrogen (secondary N) is 1. The van der Waals surface area contributed by atoms with E-state index in [1.165, 1.54) is 11.1 Å². The van der Waals surface area contributed by atoms with E-state index >= 15 is 0 Å². The van der Waals surface area contributed by atoms with Gasteiger partial charge in [0.1, 0.15) is 18.1 Å². The van der Waals surface area contributed by atoms with Gasteiger partial charge >= 0.3 is 0 Å². The summed E-state index contributed by atoms with van der Waals surface area (Å²) in [5.74, 6) is 1.65. The highest BCUT2D eigenvalue weighted by molar-refractivity contribution is 5.78. The van der Waals surface area contributed by atoms with Crippen molar-refractivity contribution in [3.05, 3.63) is 59.2 Å². The van der Waals surface area contributed by atoms with E-state index in [4.69, 9.17) is 9.47 Å². The molecule has 0 saturated heterocycles. The zero-order chi connectivity index (χ0) is 17.4. The summed E-state index contributed by atoms with van der Waals surface area (Å²) in [5.41, 5.74) is 3.31. The maximum absolute atomic E-state index is 11.9. The quantitative estimate of drug-likeness (QED) is 0.756. The van der Waals surface area contributed by atoms with Crippen LogP contribution in [0.5, 0.6) is 11.5 Å². The highest BCUT2D eigenvalue weighted by Crippen LogP contribution is 2.16. The summed E-state index contributed by atoms with van der Waals surface area (Å²) >= 11 is 0. The van der Waals surface area contributed by atoms with Gasteiger partial charge in [-0.05, 0) is 61.7 Å². The molecule has 0 aliphatic carbocycles. The number of rotatable bonds is 8. The molecule has 4 nitrogen and oxygen atoms in total. The van der Waals surface area contributed by atoms with Crippen LogP contribution in [0.25, 0.3) is 0 Å². The molecule has 0 spiro atoms. The lowest BCUT2D eigenvalue weighted by Gasteiger charge is -2.09. The molecule has 2 rings (SSSR count). The molecule has 24 heavy (non-hydrogen) atoms. The van der Waals surface area contributed by atoms with Crippen LogP contribution in [-0.2, 0) is 11.2 Å². The summed E-state index contributed by atoms with van der Waals surface area (Å²) < 4.78 is 11.1. The van der Waals surface area contributed by atoms with E-state index < -0.39 is 0 Å². The van der Waals surface area contributed by atoms with Gasteiger partial charge in [-0.2, -0.15) is 0 Å². The predicted octanol–water partition coefficient (Wildman–Crippen LogP) is 3.44. The van der Waals surface area contributed by atoms with Crippen molar-refractivity contribution in [2.24, 2.45) is 0 Å². The number of ether oxygens (including phenoxy) is 2. The van der Waals surface area contributed by atoms with Gasteiger partial charge in [-0.25, -0.2) is 0 Å². The van der Waals surface area contributed by atoms with Crippen LogP contribution in [0.2, 0.25) is 0 Å². The molecular weight excluding hydrogens is 302 g/mol. The van der Waals surface area contributed by atoms with E-state index in [2.05, 4.69) is 11.4 Å². The smallest absolute Gasteiger partial charge is 0.224 e. The third kappa shape index (κ3) is 5.95. The van der Waals surface area contributed by atoms with Crippen molar-refractivity contribution in [3.63, 3.8) is 0 Å². The Balaban J connectivity index is 1.71. The predicted molar refractivity (Wildman–Crippen MR) is 95.7 cm³/mol. The van der Waals surface area contributed by atoms with Crippen LogP contribution in [0.15, 0.2) is 42.5 Å². The second kappa shape index (κ2) is 8.96. The van der Waals surface area contributed by atoms with Crippen molar-refractivity contribution in [1.29, 1.82) is 0 Å². The van der Waals surface area contributed by atoms with E-state index in [9.17, 15) is 4.79 Å². The second-order valence-corrected chi connectivity index (χ2v) is 5.78. The maximum Gasteiger partial charge on any atom is 0.224 e. The Kier molecular flexibility index (Phi) is 6.67. The van der Waals surface area contributed by atoms with Crippen LogP contribution in [0.1, 0.15) is 23.6 Å². The van der Waals surface area contributed by atoms with Gasteiger partial charge in [0, 0.05) is 0 Å². The lowest BCUT2D eigenvalue weighted by molar-refractivity contribution is -0.120. The third-order valence-electron chi connectivity index (χ3n) is 3.49. The molecule has 0 fully saturated rings. The van der Waals surface area contributed by atoms with Gasteiger partial charge in [0.05, 0.1) is 19.6 Å². The van der Waals surface area contributed by atoms with Gasteiger partial charge < -0.3 is 14.8 Å². The number of hydrogen-bond donors (Lipinski definition) is 1. The molecule has 1 N–H and O–H groups in total. The van der Waals surface area contributed by atoms with Crippen LogP contribution in [0.3, 0.4) is 0 Å². The first-order chi connectivity index (χ1) is 11.6. The number of carbonyl (C=O) groups excluding carboxylic acids is 1. The molecule has 0 atom stereocenters. The molecule has 128 valence electrons. The Morgan fingerprint density at radius 3 is 2.25 bits per heavy atom. The van der Waals surface area contributed by atoms with Crippen molar-refractivity contribution in [2.75, 3.05) is 19.8 Å². The van der Waals surface area contributed by atoms with E-state index in [1.807, 2.05) is 57.2 Å². The first kappa shape index (κ1) is 17.9. The van der Waals surface area contributed by atoms with E-state index in [0.717, 1.165) is 17.1 Å². The van der Waals surface area contributed by atoms with Crippen molar-refractivity contribution in [3.8, 4) is 11.5 Å². The fourth-order valence-corrected chi connectivity index (χ4v) is 2.49. The summed E-state index contributed by atoms with van der Waals surface area (Å²) in [5, 5.41) is 2.88. The normalized spacial score (nSPS) is 10.3. The van der Waals surface area contributed by atoms with E-state index in [1.54, 1.807) is 0 Å². The summed E-state index contributed by atoms with van der Waals surface area (Å²) in [6.45, 7) is 7.61. The molecule has 2 aromatic rings. The molecule has 0 radical (unpaired) electrons. The van der Waals surface area contributed by atoms with Crippen LogP contribution >= 0.6 is 0 Å². The lowest BCUT2D eigenvalue weighted by Crippen LogP contribution is -2.29. The molecule has 1 amide bonds. The van der Waals surface area contributed by atoms with E-state index in [-0.39, 0.29) is 5.91 Å². The van der Waals surface area contributed by atoms with Crippen LogP contribution in [-0.4, -0.2) is 25.7 Å². The Hall–Kier alpha value is -2.49. The molecular formula is C20H25NO3. The highest BCUT2D eigenvalue weighted by atomic mass is 16.5. The van der Waals surface area contributed by atoms with Crippen molar-refractivity contribution in [2.45, 2.75) is 27.2 Å².